The Morgan fingerprint density at radius 1 is 1.13 bits per heavy atom. The molecule has 15 heavy (non-hydrogen) atoms. The van der Waals surface area contributed by atoms with Crippen molar-refractivity contribution < 1.29 is 4.39 Å². The van der Waals surface area contributed by atoms with E-state index >= 15 is 0 Å². The molecule has 1 aliphatic carbocycles. The lowest BCUT2D eigenvalue weighted by Gasteiger charge is -2.30. The van der Waals surface area contributed by atoms with Crippen molar-refractivity contribution in [2.45, 2.75) is 37.8 Å². The van der Waals surface area contributed by atoms with Crippen LogP contribution in [0, 0.1) is 5.82 Å². The van der Waals surface area contributed by atoms with Gasteiger partial charge in [-0.3, -0.25) is 0 Å². The molecule has 3 heteroatoms. The molecule has 0 spiro atoms. The molecule has 0 bridgehead atoms. The van der Waals surface area contributed by atoms with Crippen molar-refractivity contribution in [1.82, 2.24) is 0 Å². The molecule has 0 heterocycles. The zero-order valence-electron chi connectivity index (χ0n) is 8.75. The molecule has 1 saturated carbocycles. The fraction of sp³-hybridized carbons (Fsp3) is 0.500. The number of benzene rings is 1. The van der Waals surface area contributed by atoms with Crippen LogP contribution in [0.25, 0.3) is 0 Å². The van der Waals surface area contributed by atoms with Gasteiger partial charge >= 0.3 is 0 Å². The first-order valence-electron chi connectivity index (χ1n) is 5.53. The first-order chi connectivity index (χ1) is 7.25. The Morgan fingerprint density at radius 2 is 1.80 bits per heavy atom. The van der Waals surface area contributed by atoms with Gasteiger partial charge in [0.2, 0.25) is 0 Å². The van der Waals surface area contributed by atoms with E-state index in [0.717, 1.165) is 18.5 Å². The van der Waals surface area contributed by atoms with Crippen molar-refractivity contribution in [3.8, 4) is 0 Å². The molecule has 82 valence electrons. The van der Waals surface area contributed by atoms with Gasteiger partial charge in [-0.1, -0.05) is 12.8 Å². The molecule has 2 atom stereocenters. The molecular formula is C12H17FN2. The number of rotatable bonds is 2. The Bertz CT molecular complexity index is 310. The summed E-state index contributed by atoms with van der Waals surface area (Å²) in [5.41, 5.74) is 6.98. The fourth-order valence-corrected chi connectivity index (χ4v) is 2.10. The standard InChI is InChI=1S/C12H17FN2/c13-9-5-7-10(8-6-9)15-12-4-2-1-3-11(12)14/h5-8,11-12,15H,1-4,14H2/t11-,12-/m1/s1. The fourth-order valence-electron chi connectivity index (χ4n) is 2.10. The number of nitrogens with two attached hydrogens (primary N) is 1. The molecule has 2 rings (SSSR count). The second kappa shape index (κ2) is 4.62. The van der Waals surface area contributed by atoms with Crippen LogP contribution in [-0.4, -0.2) is 12.1 Å². The first-order valence-corrected chi connectivity index (χ1v) is 5.53. The van der Waals surface area contributed by atoms with Crippen LogP contribution in [0.5, 0.6) is 0 Å². The van der Waals surface area contributed by atoms with Gasteiger partial charge < -0.3 is 11.1 Å². The maximum Gasteiger partial charge on any atom is 0.123 e. The smallest absolute Gasteiger partial charge is 0.123 e. The summed E-state index contributed by atoms with van der Waals surface area (Å²) in [5.74, 6) is -0.200. The van der Waals surface area contributed by atoms with Gasteiger partial charge in [0, 0.05) is 17.8 Å². The van der Waals surface area contributed by atoms with Crippen LogP contribution in [-0.2, 0) is 0 Å². The van der Waals surface area contributed by atoms with Crippen LogP contribution in [0.3, 0.4) is 0 Å². The molecule has 2 nitrogen and oxygen atoms in total. The van der Waals surface area contributed by atoms with E-state index in [-0.39, 0.29) is 11.9 Å². The van der Waals surface area contributed by atoms with Crippen LogP contribution >= 0.6 is 0 Å². The highest BCUT2D eigenvalue weighted by atomic mass is 19.1. The average Bonchev–Trinajstić information content (AvgIpc) is 2.25. The van der Waals surface area contributed by atoms with Gasteiger partial charge in [-0.15, -0.1) is 0 Å². The SMILES string of the molecule is N[C@@H]1CCCC[C@H]1Nc1ccc(F)cc1. The average molecular weight is 208 g/mol. The maximum absolute atomic E-state index is 12.7. The highest BCUT2D eigenvalue weighted by molar-refractivity contribution is 5.44. The predicted octanol–water partition coefficient (Wildman–Crippen LogP) is 2.51. The molecule has 1 aromatic carbocycles. The second-order valence-electron chi connectivity index (χ2n) is 4.21. The minimum atomic E-state index is -0.200. The molecule has 0 saturated heterocycles. The third-order valence-corrected chi connectivity index (χ3v) is 3.02. The number of halogens is 1. The van der Waals surface area contributed by atoms with Gasteiger partial charge in [0.1, 0.15) is 5.82 Å². The Morgan fingerprint density at radius 3 is 2.47 bits per heavy atom. The lowest BCUT2D eigenvalue weighted by molar-refractivity contribution is 0.404. The molecule has 0 aromatic heterocycles. The van der Waals surface area contributed by atoms with Crippen LogP contribution in [0.1, 0.15) is 25.7 Å². The third kappa shape index (κ3) is 2.69. The summed E-state index contributed by atoms with van der Waals surface area (Å²) in [4.78, 5) is 0. The van der Waals surface area contributed by atoms with Crippen LogP contribution in [0.15, 0.2) is 24.3 Å². The largest absolute Gasteiger partial charge is 0.381 e. The molecule has 0 amide bonds. The summed E-state index contributed by atoms with van der Waals surface area (Å²) in [6.07, 6.45) is 4.65. The van der Waals surface area contributed by atoms with Gasteiger partial charge in [-0.2, -0.15) is 0 Å². The van der Waals surface area contributed by atoms with Crippen LogP contribution in [0.4, 0.5) is 10.1 Å². The predicted molar refractivity (Wildman–Crippen MR) is 60.3 cm³/mol. The van der Waals surface area contributed by atoms with Crippen LogP contribution in [0.2, 0.25) is 0 Å². The van der Waals surface area contributed by atoms with E-state index in [2.05, 4.69) is 5.32 Å². The van der Waals surface area contributed by atoms with Crippen molar-refractivity contribution in [3.63, 3.8) is 0 Å². The monoisotopic (exact) mass is 208 g/mol. The second-order valence-corrected chi connectivity index (χ2v) is 4.21. The molecular weight excluding hydrogens is 191 g/mol. The molecule has 0 radical (unpaired) electrons. The van der Waals surface area contributed by atoms with Gasteiger partial charge in [-0.25, -0.2) is 4.39 Å². The van der Waals surface area contributed by atoms with Crippen LogP contribution < -0.4 is 11.1 Å². The lowest BCUT2D eigenvalue weighted by Crippen LogP contribution is -2.42. The molecule has 0 unspecified atom stereocenters. The molecule has 1 fully saturated rings. The van der Waals surface area contributed by atoms with Gasteiger partial charge in [0.25, 0.3) is 0 Å². The van der Waals surface area contributed by atoms with E-state index in [0.29, 0.717) is 6.04 Å². The van der Waals surface area contributed by atoms with Crippen molar-refractivity contribution in [3.05, 3.63) is 30.1 Å². The highest BCUT2D eigenvalue weighted by Gasteiger charge is 2.21. The van der Waals surface area contributed by atoms with E-state index in [9.17, 15) is 4.39 Å². The maximum atomic E-state index is 12.7. The summed E-state index contributed by atoms with van der Waals surface area (Å²) in [5, 5.41) is 3.37. The third-order valence-electron chi connectivity index (χ3n) is 3.02. The molecule has 0 aliphatic heterocycles. The zero-order chi connectivity index (χ0) is 10.7. The summed E-state index contributed by atoms with van der Waals surface area (Å²) >= 11 is 0. The number of anilines is 1. The summed E-state index contributed by atoms with van der Waals surface area (Å²) in [6.45, 7) is 0. The summed E-state index contributed by atoms with van der Waals surface area (Å²) in [6, 6.07) is 7.02. The van der Waals surface area contributed by atoms with Crippen molar-refractivity contribution in [2.75, 3.05) is 5.32 Å². The van der Waals surface area contributed by atoms with Crippen molar-refractivity contribution in [2.24, 2.45) is 5.73 Å². The molecule has 3 N–H and O–H groups in total. The van der Waals surface area contributed by atoms with Gasteiger partial charge in [0.15, 0.2) is 0 Å². The Balaban J connectivity index is 1.98. The number of hydrogen-bond donors (Lipinski definition) is 2. The van der Waals surface area contributed by atoms with E-state index in [4.69, 9.17) is 5.73 Å². The Hall–Kier alpha value is -1.09. The number of hydrogen-bond acceptors (Lipinski definition) is 2. The minimum Gasteiger partial charge on any atom is -0.381 e. The van der Waals surface area contributed by atoms with Crippen molar-refractivity contribution >= 4 is 5.69 Å². The van der Waals surface area contributed by atoms with E-state index in [1.807, 2.05) is 0 Å². The quantitative estimate of drug-likeness (QED) is 0.783. The van der Waals surface area contributed by atoms with E-state index < -0.39 is 0 Å². The van der Waals surface area contributed by atoms with Gasteiger partial charge in [0.05, 0.1) is 0 Å². The normalized spacial score (nSPS) is 26.3. The van der Waals surface area contributed by atoms with Gasteiger partial charge in [-0.05, 0) is 37.1 Å². The minimum absolute atomic E-state index is 0.200. The van der Waals surface area contributed by atoms with E-state index in [1.54, 1.807) is 12.1 Å². The molecule has 1 aromatic rings. The highest BCUT2D eigenvalue weighted by Crippen LogP contribution is 2.21. The number of nitrogens with one attached hydrogen (secondary N) is 1. The Labute approximate surface area is 89.7 Å². The van der Waals surface area contributed by atoms with Crippen molar-refractivity contribution in [1.29, 1.82) is 0 Å². The first kappa shape index (κ1) is 10.4. The molecule has 1 aliphatic rings. The zero-order valence-corrected chi connectivity index (χ0v) is 8.75. The topological polar surface area (TPSA) is 38.0 Å². The Kier molecular flexibility index (Phi) is 3.21. The lowest BCUT2D eigenvalue weighted by atomic mass is 9.91. The summed E-state index contributed by atoms with van der Waals surface area (Å²) in [7, 11) is 0. The summed E-state index contributed by atoms with van der Waals surface area (Å²) < 4.78 is 12.7. The van der Waals surface area contributed by atoms with E-state index in [1.165, 1.54) is 25.0 Å².